The molecule has 1 aliphatic rings. The molecule has 0 aliphatic carbocycles. The van der Waals surface area contributed by atoms with Crippen LogP contribution in [-0.4, -0.2) is 60.2 Å². The van der Waals surface area contributed by atoms with E-state index in [0.717, 1.165) is 11.3 Å². The molecule has 1 aliphatic heterocycles. The number of rotatable bonds is 4. The van der Waals surface area contributed by atoms with Crippen LogP contribution in [0.2, 0.25) is 0 Å². The smallest absolute Gasteiger partial charge is 0.242 e. The van der Waals surface area contributed by atoms with Crippen molar-refractivity contribution in [2.75, 3.05) is 21.1 Å². The molecule has 2 N–H and O–H groups in total. The first-order chi connectivity index (χ1) is 14.9. The van der Waals surface area contributed by atoms with E-state index >= 15 is 0 Å². The molecule has 0 unspecified atom stereocenters. The van der Waals surface area contributed by atoms with Gasteiger partial charge in [-0.2, -0.15) is 0 Å². The summed E-state index contributed by atoms with van der Waals surface area (Å²) in [5.74, 6) is 0.628. The molecule has 32 heavy (non-hydrogen) atoms. The van der Waals surface area contributed by atoms with E-state index in [9.17, 15) is 13.2 Å². The minimum atomic E-state index is -3.59. The molecule has 3 aromatic rings. The fourth-order valence-corrected chi connectivity index (χ4v) is 4.89. The molecule has 0 radical (unpaired) electrons. The Balaban J connectivity index is 1.85. The lowest BCUT2D eigenvalue weighted by Crippen LogP contribution is -2.58. The molecular formula is C22H26N6O3S. The number of sulfonamides is 1. The molecule has 1 aromatic heterocycles. The summed E-state index contributed by atoms with van der Waals surface area (Å²) < 4.78 is 28.4. The van der Waals surface area contributed by atoms with Crippen molar-refractivity contribution in [3.8, 4) is 5.69 Å². The number of aryl methyl sites for hydroxylation is 1. The third-order valence-corrected chi connectivity index (χ3v) is 7.73. The van der Waals surface area contributed by atoms with E-state index in [1.165, 1.54) is 23.3 Å². The summed E-state index contributed by atoms with van der Waals surface area (Å²) in [5.41, 5.74) is 2.27. The standard InChI is InChI=1S/C22H26N6O3S/c1-14-24-18-10-9-17(32(30,31)26(3)4)12-19(18)28(14)16-8-6-7-15(11-16)22(2)13-20(29)27(5)21(23)25-22/h6-12H,13H2,1-5H3,(H2,23,25)/t22-/m0/s1. The van der Waals surface area contributed by atoms with Gasteiger partial charge in [0.05, 0.1) is 27.9 Å². The van der Waals surface area contributed by atoms with Crippen molar-refractivity contribution in [1.82, 2.24) is 24.1 Å². The van der Waals surface area contributed by atoms with Crippen LogP contribution in [0.15, 0.2) is 47.4 Å². The van der Waals surface area contributed by atoms with Gasteiger partial charge in [-0.15, -0.1) is 0 Å². The first-order valence-electron chi connectivity index (χ1n) is 10.1. The molecule has 9 nitrogen and oxygen atoms in total. The van der Waals surface area contributed by atoms with Gasteiger partial charge in [-0.1, -0.05) is 12.1 Å². The van der Waals surface area contributed by atoms with Gasteiger partial charge in [0, 0.05) is 26.8 Å². The number of carbonyl (C=O) groups is 1. The van der Waals surface area contributed by atoms with Crippen LogP contribution in [0.1, 0.15) is 24.7 Å². The molecule has 2 heterocycles. The summed E-state index contributed by atoms with van der Waals surface area (Å²) in [6, 6.07) is 12.6. The molecule has 1 amide bonds. The van der Waals surface area contributed by atoms with Crippen LogP contribution in [0.3, 0.4) is 0 Å². The Labute approximate surface area is 187 Å². The van der Waals surface area contributed by atoms with Crippen molar-refractivity contribution in [2.24, 2.45) is 0 Å². The van der Waals surface area contributed by atoms with Gasteiger partial charge in [-0.05, 0) is 49.7 Å². The highest BCUT2D eigenvalue weighted by Crippen LogP contribution is 2.31. The number of amides is 1. The Hall–Kier alpha value is -3.24. The Morgan fingerprint density at radius 3 is 2.56 bits per heavy atom. The zero-order valence-electron chi connectivity index (χ0n) is 18.7. The third kappa shape index (κ3) is 3.45. The fourth-order valence-electron chi connectivity index (χ4n) is 3.97. The molecule has 4 rings (SSSR count). The van der Waals surface area contributed by atoms with E-state index in [0.29, 0.717) is 16.9 Å². The number of nitrogens with zero attached hydrogens (tertiary/aromatic N) is 4. The maximum atomic E-state index is 12.7. The molecule has 1 atom stereocenters. The number of hydrogen-bond donors (Lipinski definition) is 2. The Kier molecular flexibility index (Phi) is 5.09. The van der Waals surface area contributed by atoms with Crippen molar-refractivity contribution in [3.05, 3.63) is 53.9 Å². The summed E-state index contributed by atoms with van der Waals surface area (Å²) in [5, 5.41) is 11.2. The van der Waals surface area contributed by atoms with Crippen LogP contribution in [0.5, 0.6) is 0 Å². The maximum Gasteiger partial charge on any atom is 0.242 e. The van der Waals surface area contributed by atoms with Gasteiger partial charge in [0.1, 0.15) is 5.82 Å². The van der Waals surface area contributed by atoms with E-state index in [1.54, 1.807) is 25.2 Å². The quantitative estimate of drug-likeness (QED) is 0.628. The number of aromatic nitrogens is 2. The zero-order valence-corrected chi connectivity index (χ0v) is 19.5. The van der Waals surface area contributed by atoms with Gasteiger partial charge in [-0.3, -0.25) is 19.7 Å². The second kappa shape index (κ2) is 7.42. The van der Waals surface area contributed by atoms with Crippen LogP contribution in [0.4, 0.5) is 0 Å². The van der Waals surface area contributed by atoms with Crippen LogP contribution >= 0.6 is 0 Å². The summed E-state index contributed by atoms with van der Waals surface area (Å²) in [6.45, 7) is 3.76. The number of carbonyl (C=O) groups excluding carboxylic acids is 1. The van der Waals surface area contributed by atoms with E-state index in [-0.39, 0.29) is 23.2 Å². The summed E-state index contributed by atoms with van der Waals surface area (Å²) in [7, 11) is 0.983. The highest BCUT2D eigenvalue weighted by molar-refractivity contribution is 7.89. The van der Waals surface area contributed by atoms with Gasteiger partial charge in [0.15, 0.2) is 5.96 Å². The minimum Gasteiger partial charge on any atom is -0.346 e. The third-order valence-electron chi connectivity index (χ3n) is 5.92. The monoisotopic (exact) mass is 454 g/mol. The van der Waals surface area contributed by atoms with Crippen LogP contribution in [0, 0.1) is 12.3 Å². The van der Waals surface area contributed by atoms with Gasteiger partial charge in [0.2, 0.25) is 15.9 Å². The van der Waals surface area contributed by atoms with E-state index in [2.05, 4.69) is 10.3 Å². The first kappa shape index (κ1) is 22.0. The Morgan fingerprint density at radius 1 is 1.19 bits per heavy atom. The van der Waals surface area contributed by atoms with Gasteiger partial charge < -0.3 is 5.32 Å². The number of fused-ring (bicyclic) bond motifs is 1. The number of benzene rings is 2. The molecule has 0 spiro atoms. The molecule has 1 fully saturated rings. The topological polar surface area (TPSA) is 111 Å². The molecule has 0 bridgehead atoms. The van der Waals surface area contributed by atoms with Crippen molar-refractivity contribution in [2.45, 2.75) is 30.7 Å². The average Bonchev–Trinajstić information content (AvgIpc) is 3.06. The van der Waals surface area contributed by atoms with Crippen LogP contribution < -0.4 is 5.32 Å². The van der Waals surface area contributed by atoms with Crippen LogP contribution in [-0.2, 0) is 20.4 Å². The van der Waals surface area contributed by atoms with Crippen molar-refractivity contribution >= 4 is 32.9 Å². The molecule has 2 aromatic carbocycles. The molecule has 168 valence electrons. The number of hydrogen-bond acceptors (Lipinski definition) is 5. The molecular weight excluding hydrogens is 428 g/mol. The molecule has 1 saturated heterocycles. The molecule has 0 saturated carbocycles. The highest BCUT2D eigenvalue weighted by atomic mass is 32.2. The van der Waals surface area contributed by atoms with Gasteiger partial charge in [-0.25, -0.2) is 17.7 Å². The average molecular weight is 455 g/mol. The minimum absolute atomic E-state index is 0.0527. The van der Waals surface area contributed by atoms with E-state index < -0.39 is 15.6 Å². The van der Waals surface area contributed by atoms with Crippen molar-refractivity contribution < 1.29 is 13.2 Å². The van der Waals surface area contributed by atoms with Crippen molar-refractivity contribution in [3.63, 3.8) is 0 Å². The second-order valence-electron chi connectivity index (χ2n) is 8.42. The summed E-state index contributed by atoms with van der Waals surface area (Å²) >= 11 is 0. The van der Waals surface area contributed by atoms with Crippen molar-refractivity contribution in [1.29, 1.82) is 5.41 Å². The van der Waals surface area contributed by atoms with Crippen LogP contribution in [0.25, 0.3) is 16.7 Å². The maximum absolute atomic E-state index is 12.7. The Morgan fingerprint density at radius 2 is 1.91 bits per heavy atom. The largest absolute Gasteiger partial charge is 0.346 e. The predicted octanol–water partition coefficient (Wildman–Crippen LogP) is 2.19. The number of imidazole rings is 1. The van der Waals surface area contributed by atoms with Gasteiger partial charge in [0.25, 0.3) is 0 Å². The second-order valence-corrected chi connectivity index (χ2v) is 10.6. The lowest BCUT2D eigenvalue weighted by molar-refractivity contribution is -0.129. The Bertz CT molecular complexity index is 1340. The zero-order chi connectivity index (χ0) is 23.4. The SMILES string of the molecule is Cc1nc2ccc(S(=O)(=O)N(C)C)cc2n1-c1cccc([C@]2(C)CC(=O)N(C)C(=N)N2)c1. The summed E-state index contributed by atoms with van der Waals surface area (Å²) in [6.07, 6.45) is 0.213. The van der Waals surface area contributed by atoms with Gasteiger partial charge >= 0.3 is 0 Å². The number of nitrogens with one attached hydrogen (secondary N) is 2. The molecule has 10 heteroatoms. The summed E-state index contributed by atoms with van der Waals surface area (Å²) in [4.78, 5) is 18.5. The first-order valence-corrected chi connectivity index (χ1v) is 11.5. The van der Waals surface area contributed by atoms with E-state index in [1.807, 2.05) is 42.7 Å². The van der Waals surface area contributed by atoms with E-state index in [4.69, 9.17) is 5.41 Å². The lowest BCUT2D eigenvalue weighted by atomic mass is 9.86. The number of guanidine groups is 1. The highest BCUT2D eigenvalue weighted by Gasteiger charge is 2.38. The predicted molar refractivity (Wildman–Crippen MR) is 122 cm³/mol. The lowest BCUT2D eigenvalue weighted by Gasteiger charge is -2.39. The normalized spacial score (nSPS) is 19.6. The fraction of sp³-hybridized carbons (Fsp3) is 0.318.